The van der Waals surface area contributed by atoms with Crippen molar-refractivity contribution in [1.29, 1.82) is 0 Å². The molecule has 0 atom stereocenters. The average molecular weight is 300 g/mol. The van der Waals surface area contributed by atoms with Gasteiger partial charge in [-0.1, -0.05) is 0 Å². The zero-order valence-corrected chi connectivity index (χ0v) is 7.71. The molecule has 3 nitrogen and oxygen atoms in total. The second-order valence-electron chi connectivity index (χ2n) is 2.47. The second kappa shape index (κ2) is 5.05. The average Bonchev–Trinajstić information content (AvgIpc) is 2.10. The van der Waals surface area contributed by atoms with E-state index in [0.717, 1.165) is 0 Å². The van der Waals surface area contributed by atoms with Gasteiger partial charge in [0, 0.05) is 0 Å². The Labute approximate surface area is 91.1 Å². The van der Waals surface area contributed by atoms with Gasteiger partial charge in [0.1, 0.15) is 0 Å². The van der Waals surface area contributed by atoms with Crippen LogP contribution < -0.4 is 0 Å². The summed E-state index contributed by atoms with van der Waals surface area (Å²) in [6, 6.07) is 0. The van der Waals surface area contributed by atoms with Crippen LogP contribution in [0.1, 0.15) is 0 Å². The number of alkyl halides is 10. The van der Waals surface area contributed by atoms with Gasteiger partial charge in [0.25, 0.3) is 0 Å². The largest absolute Gasteiger partial charge is 0.527 e. The molecule has 0 aliphatic heterocycles. The fourth-order valence-corrected chi connectivity index (χ4v) is 0.527. The molecule has 0 saturated carbocycles. The number of halogens is 10. The second-order valence-corrected chi connectivity index (χ2v) is 2.47. The Morgan fingerprint density at radius 1 is 0.722 bits per heavy atom. The van der Waals surface area contributed by atoms with E-state index in [4.69, 9.17) is 0 Å². The fourth-order valence-electron chi connectivity index (χ4n) is 0.527. The zero-order valence-electron chi connectivity index (χ0n) is 7.71. The Hall–Kier alpha value is -0.820. The highest BCUT2D eigenvalue weighted by Gasteiger charge is 2.77. The first-order valence-corrected chi connectivity index (χ1v) is 3.54. The number of ether oxygens (including phenoxy) is 1. The highest BCUT2D eigenvalue weighted by Crippen LogP contribution is 2.48. The third-order valence-corrected chi connectivity index (χ3v) is 1.18. The van der Waals surface area contributed by atoms with Crippen LogP contribution in [0.3, 0.4) is 0 Å². The highest BCUT2D eigenvalue weighted by atomic mass is 19.4. The third-order valence-electron chi connectivity index (χ3n) is 1.18. The number of rotatable bonds is 6. The van der Waals surface area contributed by atoms with Gasteiger partial charge in [0.05, 0.1) is 0 Å². The molecule has 13 heteroatoms. The molecule has 110 valence electrons. The molecule has 0 fully saturated rings. The Balaban J connectivity index is 5.09. The molecule has 0 radical (unpaired) electrons. The Kier molecular flexibility index (Phi) is 4.82. The van der Waals surface area contributed by atoms with E-state index in [1.165, 1.54) is 0 Å². The maximum Gasteiger partial charge on any atom is 0.527 e. The van der Waals surface area contributed by atoms with Gasteiger partial charge in [-0.05, 0) is 0 Å². The molecule has 18 heavy (non-hydrogen) atoms. The minimum absolute atomic E-state index is 1.56. The lowest BCUT2D eigenvalue weighted by atomic mass is 10.3. The van der Waals surface area contributed by atoms with Crippen molar-refractivity contribution in [2.45, 2.75) is 24.5 Å². The molecular formula is C5H2F10O3. The van der Waals surface area contributed by atoms with E-state index in [0.29, 0.717) is 0 Å². The van der Waals surface area contributed by atoms with E-state index in [1.54, 1.807) is 4.74 Å². The molecule has 0 amide bonds. The number of hydrogen-bond acceptors (Lipinski definition) is 3. The monoisotopic (exact) mass is 300 g/mol. The van der Waals surface area contributed by atoms with E-state index < -0.39 is 31.4 Å². The van der Waals surface area contributed by atoms with Crippen LogP contribution in [0.15, 0.2) is 0 Å². The molecule has 0 unspecified atom stereocenters. The molecule has 0 rings (SSSR count). The van der Waals surface area contributed by atoms with E-state index in [2.05, 4.69) is 9.78 Å². The normalized spacial score (nSPS) is 15.0. The minimum atomic E-state index is -6.77. The van der Waals surface area contributed by atoms with Crippen molar-refractivity contribution in [2.24, 2.45) is 0 Å². The lowest BCUT2D eigenvalue weighted by Crippen LogP contribution is -2.58. The molecular weight excluding hydrogens is 298 g/mol. The van der Waals surface area contributed by atoms with Crippen LogP contribution in [0.2, 0.25) is 0 Å². The summed E-state index contributed by atoms with van der Waals surface area (Å²) in [5.41, 5.74) is 0. The molecule has 0 aliphatic carbocycles. The topological polar surface area (TPSA) is 27.7 Å². The van der Waals surface area contributed by atoms with Gasteiger partial charge in [0.2, 0.25) is 6.86 Å². The Bertz CT molecular complexity index is 273. The lowest BCUT2D eigenvalue weighted by molar-refractivity contribution is -0.550. The number of hydrogen-bond donors (Lipinski definition) is 0. The van der Waals surface area contributed by atoms with Crippen LogP contribution in [0.25, 0.3) is 0 Å². The fraction of sp³-hybridized carbons (Fsp3) is 1.00. The summed E-state index contributed by atoms with van der Waals surface area (Å²) in [6.45, 7) is -2.24. The molecule has 0 N–H and O–H groups in total. The highest BCUT2D eigenvalue weighted by molar-refractivity contribution is 4.85. The van der Waals surface area contributed by atoms with Gasteiger partial charge < -0.3 is 0 Å². The van der Waals surface area contributed by atoms with Gasteiger partial charge >= 0.3 is 24.5 Å². The first-order valence-electron chi connectivity index (χ1n) is 3.54. The summed E-state index contributed by atoms with van der Waals surface area (Å²) in [6.07, 6.45) is -19.3. The molecule has 0 saturated heterocycles. The standard InChI is InChI=1S/C5H2F10O3/c6-1-16-18-4(11,12)2(7,8)3(9,10)17-5(13,14)15/h1H2. The molecule has 0 aromatic heterocycles. The van der Waals surface area contributed by atoms with Gasteiger partial charge in [-0.25, -0.2) is 9.13 Å². The van der Waals surface area contributed by atoms with E-state index in [9.17, 15) is 43.9 Å². The van der Waals surface area contributed by atoms with E-state index in [-0.39, 0.29) is 0 Å². The van der Waals surface area contributed by atoms with Crippen LogP contribution in [-0.4, -0.2) is 31.4 Å². The minimum Gasteiger partial charge on any atom is -0.221 e. The van der Waals surface area contributed by atoms with E-state index in [1.807, 2.05) is 0 Å². The molecule has 0 spiro atoms. The van der Waals surface area contributed by atoms with Crippen LogP contribution in [-0.2, 0) is 14.5 Å². The summed E-state index contributed by atoms with van der Waals surface area (Å²) >= 11 is 0. The van der Waals surface area contributed by atoms with Crippen molar-refractivity contribution in [1.82, 2.24) is 0 Å². The van der Waals surface area contributed by atoms with Crippen molar-refractivity contribution >= 4 is 0 Å². The summed E-state index contributed by atoms with van der Waals surface area (Å²) < 4.78 is 120. The molecule has 0 aliphatic rings. The molecule has 0 aromatic carbocycles. The molecule has 0 aromatic rings. The lowest BCUT2D eigenvalue weighted by Gasteiger charge is -2.30. The van der Waals surface area contributed by atoms with Crippen LogP contribution >= 0.6 is 0 Å². The van der Waals surface area contributed by atoms with Gasteiger partial charge in [-0.3, -0.25) is 0 Å². The zero-order chi connectivity index (χ0) is 14.8. The van der Waals surface area contributed by atoms with Crippen molar-refractivity contribution in [2.75, 3.05) is 6.86 Å². The van der Waals surface area contributed by atoms with Gasteiger partial charge in [0.15, 0.2) is 0 Å². The van der Waals surface area contributed by atoms with Gasteiger partial charge in [-0.2, -0.15) is 36.1 Å². The summed E-state index contributed by atoms with van der Waals surface area (Å²) in [5.74, 6) is -6.77. The SMILES string of the molecule is FCOOC(F)(F)C(F)(F)C(F)(F)OC(F)(F)F. The van der Waals surface area contributed by atoms with Crippen LogP contribution in [0.4, 0.5) is 43.9 Å². The maximum atomic E-state index is 12.4. The Morgan fingerprint density at radius 3 is 1.50 bits per heavy atom. The summed E-state index contributed by atoms with van der Waals surface area (Å²) in [4.78, 5) is 4.90. The van der Waals surface area contributed by atoms with Crippen molar-refractivity contribution in [3.63, 3.8) is 0 Å². The smallest absolute Gasteiger partial charge is 0.221 e. The molecule has 0 heterocycles. The van der Waals surface area contributed by atoms with Crippen LogP contribution in [0.5, 0.6) is 0 Å². The third kappa shape index (κ3) is 3.84. The Morgan fingerprint density at radius 2 is 1.17 bits per heavy atom. The predicted octanol–water partition coefficient (Wildman–Crippen LogP) is 3.22. The maximum absolute atomic E-state index is 12.4. The predicted molar refractivity (Wildman–Crippen MR) is 30.1 cm³/mol. The summed E-state index contributed by atoms with van der Waals surface area (Å²) in [5, 5.41) is 0. The van der Waals surface area contributed by atoms with Crippen LogP contribution in [0, 0.1) is 0 Å². The van der Waals surface area contributed by atoms with Crippen molar-refractivity contribution in [3.8, 4) is 0 Å². The molecule has 0 bridgehead atoms. The van der Waals surface area contributed by atoms with Crippen molar-refractivity contribution in [3.05, 3.63) is 0 Å². The first-order chi connectivity index (χ1) is 7.77. The van der Waals surface area contributed by atoms with Crippen molar-refractivity contribution < 1.29 is 58.4 Å². The summed E-state index contributed by atoms with van der Waals surface area (Å²) in [7, 11) is 0. The first kappa shape index (κ1) is 17.2. The quantitative estimate of drug-likeness (QED) is 0.428. The van der Waals surface area contributed by atoms with E-state index >= 15 is 0 Å². The van der Waals surface area contributed by atoms with Gasteiger partial charge in [-0.15, -0.1) is 13.2 Å².